The minimum Gasteiger partial charge on any atom is -0.468 e. The summed E-state index contributed by atoms with van der Waals surface area (Å²) in [5.41, 5.74) is 0.808. The zero-order chi connectivity index (χ0) is 20.2. The minimum atomic E-state index is -0.999. The zero-order valence-corrected chi connectivity index (χ0v) is 16.2. The number of hydrogen-bond acceptors (Lipinski definition) is 7. The van der Waals surface area contributed by atoms with E-state index in [1.54, 1.807) is 6.20 Å². The molecule has 1 aromatic carbocycles. The Hall–Kier alpha value is -3.42. The lowest BCUT2D eigenvalue weighted by molar-refractivity contribution is -0.151. The molecule has 1 saturated heterocycles. The Labute approximate surface area is 169 Å². The van der Waals surface area contributed by atoms with Gasteiger partial charge in [0.1, 0.15) is 11.9 Å². The smallest absolute Gasteiger partial charge is 0.320 e. The van der Waals surface area contributed by atoms with Crippen LogP contribution in [0, 0.1) is 5.92 Å². The van der Waals surface area contributed by atoms with Crippen molar-refractivity contribution in [1.29, 1.82) is 0 Å². The fraction of sp³-hybridized carbons (Fsp3) is 0.333. The third-order valence-corrected chi connectivity index (χ3v) is 5.24. The largest absolute Gasteiger partial charge is 0.468 e. The summed E-state index contributed by atoms with van der Waals surface area (Å²) in [4.78, 5) is 38.4. The molecule has 1 fully saturated rings. The average molecular weight is 393 g/mol. The van der Waals surface area contributed by atoms with Gasteiger partial charge in [0, 0.05) is 32.4 Å². The lowest BCUT2D eigenvalue weighted by atomic mass is 9.91. The molecule has 2 atom stereocenters. The first-order valence-corrected chi connectivity index (χ1v) is 9.60. The molecule has 29 heavy (non-hydrogen) atoms. The van der Waals surface area contributed by atoms with Crippen molar-refractivity contribution in [3.05, 3.63) is 60.3 Å². The number of ether oxygens (including phenoxy) is 1. The van der Waals surface area contributed by atoms with Gasteiger partial charge >= 0.3 is 5.97 Å². The lowest BCUT2D eigenvalue weighted by Crippen LogP contribution is -2.57. The third-order valence-electron chi connectivity index (χ3n) is 5.24. The van der Waals surface area contributed by atoms with Crippen LogP contribution in [0.5, 0.6) is 0 Å². The van der Waals surface area contributed by atoms with Crippen molar-refractivity contribution in [1.82, 2.24) is 15.2 Å². The molecule has 0 bridgehead atoms. The van der Waals surface area contributed by atoms with Gasteiger partial charge in [-0.2, -0.15) is 0 Å². The van der Waals surface area contributed by atoms with E-state index in [0.29, 0.717) is 19.0 Å². The molecule has 1 N–H and O–H groups in total. The van der Waals surface area contributed by atoms with E-state index < -0.39 is 17.9 Å². The molecule has 2 aromatic rings. The second-order valence-corrected chi connectivity index (χ2v) is 6.96. The van der Waals surface area contributed by atoms with Crippen molar-refractivity contribution in [3.63, 3.8) is 0 Å². The van der Waals surface area contributed by atoms with E-state index in [1.165, 1.54) is 7.11 Å². The standard InChI is InChI=1S/C21H23N5O3/c1-29-20(28)17-18(15-7-3-2-4-8-15)23-21(24-19(17)27)26-13-11-25(12-14-26)16-9-5-6-10-22-16/h2-10,17-18H,11-14H2,1H3,(H,23,24,27)/t17-,18+/m0/s1. The minimum absolute atomic E-state index is 0.386. The Balaban J connectivity index is 1.55. The highest BCUT2D eigenvalue weighted by Gasteiger charge is 2.41. The first-order valence-electron chi connectivity index (χ1n) is 9.60. The van der Waals surface area contributed by atoms with Crippen LogP contribution in [0.3, 0.4) is 0 Å². The van der Waals surface area contributed by atoms with E-state index >= 15 is 0 Å². The molecule has 2 aliphatic rings. The van der Waals surface area contributed by atoms with Crippen molar-refractivity contribution in [3.8, 4) is 0 Å². The Morgan fingerprint density at radius 1 is 1.03 bits per heavy atom. The molecular formula is C21H23N5O3. The van der Waals surface area contributed by atoms with Gasteiger partial charge in [-0.3, -0.25) is 14.9 Å². The number of benzene rings is 1. The topological polar surface area (TPSA) is 87.1 Å². The number of methoxy groups -OCH3 is 1. The lowest BCUT2D eigenvalue weighted by Gasteiger charge is -2.39. The first kappa shape index (κ1) is 18.9. The number of pyridine rings is 1. The van der Waals surface area contributed by atoms with Crippen LogP contribution < -0.4 is 10.2 Å². The summed E-state index contributed by atoms with van der Waals surface area (Å²) in [6.07, 6.45) is 1.78. The summed E-state index contributed by atoms with van der Waals surface area (Å²) in [6.45, 7) is 2.92. The van der Waals surface area contributed by atoms with Crippen molar-refractivity contribution in [2.24, 2.45) is 10.9 Å². The van der Waals surface area contributed by atoms with E-state index in [2.05, 4.69) is 15.2 Å². The summed E-state index contributed by atoms with van der Waals surface area (Å²) < 4.78 is 4.86. The van der Waals surface area contributed by atoms with Crippen LogP contribution in [0.25, 0.3) is 0 Å². The number of anilines is 1. The number of aliphatic imine (C=N–C) groups is 1. The number of guanidine groups is 1. The molecule has 0 aliphatic carbocycles. The van der Waals surface area contributed by atoms with Gasteiger partial charge in [0.15, 0.2) is 5.92 Å². The number of nitrogens with one attached hydrogen (secondary N) is 1. The Bertz CT molecular complexity index is 895. The number of nitrogens with zero attached hydrogens (tertiary/aromatic N) is 4. The summed E-state index contributed by atoms with van der Waals surface area (Å²) in [6, 6.07) is 14.6. The number of carbonyl (C=O) groups excluding carboxylic acids is 2. The van der Waals surface area contributed by atoms with E-state index in [1.807, 2.05) is 53.4 Å². The quantitative estimate of drug-likeness (QED) is 0.623. The van der Waals surface area contributed by atoms with Gasteiger partial charge in [0.2, 0.25) is 11.9 Å². The molecule has 1 aromatic heterocycles. The van der Waals surface area contributed by atoms with Crippen LogP contribution in [0.1, 0.15) is 11.6 Å². The van der Waals surface area contributed by atoms with Gasteiger partial charge in [0.05, 0.1) is 7.11 Å². The Morgan fingerprint density at radius 3 is 2.38 bits per heavy atom. The molecule has 0 radical (unpaired) electrons. The van der Waals surface area contributed by atoms with Crippen LogP contribution in [-0.4, -0.2) is 61.0 Å². The van der Waals surface area contributed by atoms with E-state index in [0.717, 1.165) is 24.5 Å². The molecular weight excluding hydrogens is 370 g/mol. The van der Waals surface area contributed by atoms with Crippen LogP contribution in [-0.2, 0) is 14.3 Å². The molecule has 8 nitrogen and oxygen atoms in total. The van der Waals surface area contributed by atoms with Crippen molar-refractivity contribution in [2.75, 3.05) is 38.2 Å². The van der Waals surface area contributed by atoms with Crippen LogP contribution in [0.15, 0.2) is 59.7 Å². The van der Waals surface area contributed by atoms with Crippen LogP contribution in [0.2, 0.25) is 0 Å². The molecule has 4 rings (SSSR count). The van der Waals surface area contributed by atoms with Gasteiger partial charge in [-0.1, -0.05) is 36.4 Å². The molecule has 3 heterocycles. The molecule has 1 amide bonds. The normalized spacial score (nSPS) is 22.0. The molecule has 0 saturated carbocycles. The number of esters is 1. The van der Waals surface area contributed by atoms with Gasteiger partial charge in [0.25, 0.3) is 0 Å². The number of carbonyl (C=O) groups is 2. The highest BCUT2D eigenvalue weighted by atomic mass is 16.5. The van der Waals surface area contributed by atoms with Gasteiger partial charge in [-0.15, -0.1) is 0 Å². The maximum absolute atomic E-state index is 12.8. The predicted octanol–water partition coefficient (Wildman–Crippen LogP) is 1.22. The van der Waals surface area contributed by atoms with E-state index in [4.69, 9.17) is 9.73 Å². The maximum Gasteiger partial charge on any atom is 0.320 e. The summed E-state index contributed by atoms with van der Waals surface area (Å²) in [7, 11) is 1.29. The average Bonchev–Trinajstić information content (AvgIpc) is 2.79. The predicted molar refractivity (Wildman–Crippen MR) is 108 cm³/mol. The second kappa shape index (κ2) is 8.30. The zero-order valence-electron chi connectivity index (χ0n) is 16.2. The highest BCUT2D eigenvalue weighted by Crippen LogP contribution is 2.30. The summed E-state index contributed by atoms with van der Waals surface area (Å²) >= 11 is 0. The summed E-state index contributed by atoms with van der Waals surface area (Å²) in [5, 5.41) is 2.81. The molecule has 0 spiro atoms. The fourth-order valence-electron chi connectivity index (χ4n) is 3.70. The van der Waals surface area contributed by atoms with Gasteiger partial charge in [-0.05, 0) is 17.7 Å². The summed E-state index contributed by atoms with van der Waals surface area (Å²) in [5.74, 6) is -0.526. The van der Waals surface area contributed by atoms with E-state index in [9.17, 15) is 9.59 Å². The van der Waals surface area contributed by atoms with Crippen LogP contribution >= 0.6 is 0 Å². The molecule has 2 aliphatic heterocycles. The number of amides is 1. The fourth-order valence-corrected chi connectivity index (χ4v) is 3.70. The van der Waals surface area contributed by atoms with Crippen molar-refractivity contribution < 1.29 is 14.3 Å². The second-order valence-electron chi connectivity index (χ2n) is 6.96. The third kappa shape index (κ3) is 3.91. The Morgan fingerprint density at radius 2 is 1.72 bits per heavy atom. The Kier molecular flexibility index (Phi) is 5.41. The van der Waals surface area contributed by atoms with Crippen molar-refractivity contribution in [2.45, 2.75) is 6.04 Å². The number of rotatable bonds is 3. The highest BCUT2D eigenvalue weighted by molar-refractivity contribution is 6.08. The van der Waals surface area contributed by atoms with Crippen LogP contribution in [0.4, 0.5) is 5.82 Å². The molecule has 8 heteroatoms. The van der Waals surface area contributed by atoms with Crippen molar-refractivity contribution >= 4 is 23.7 Å². The van der Waals surface area contributed by atoms with E-state index in [-0.39, 0.29) is 5.91 Å². The number of aromatic nitrogens is 1. The molecule has 0 unspecified atom stereocenters. The molecule has 150 valence electrons. The monoisotopic (exact) mass is 393 g/mol. The number of piperazine rings is 1. The SMILES string of the molecule is COC(=O)[C@@H]1C(=O)NC(N2CCN(c3ccccn3)CC2)=N[C@@H]1c1ccccc1. The van der Waals surface area contributed by atoms with Gasteiger partial charge in [-0.25, -0.2) is 9.98 Å². The maximum atomic E-state index is 12.8. The number of hydrogen-bond donors (Lipinski definition) is 1. The first-order chi connectivity index (χ1) is 14.2. The van der Waals surface area contributed by atoms with Gasteiger partial charge < -0.3 is 14.5 Å².